The Balaban J connectivity index is 1.37. The Morgan fingerprint density at radius 3 is 2.49 bits per heavy atom. The fourth-order valence-corrected chi connectivity index (χ4v) is 9.47. The van der Waals surface area contributed by atoms with Crippen LogP contribution in [0.15, 0.2) is 84.5 Å². The molecule has 1 aromatic rings. The van der Waals surface area contributed by atoms with E-state index in [0.29, 0.717) is 5.57 Å². The fraction of sp³-hybridized carbons (Fsp3) is 0.525. The van der Waals surface area contributed by atoms with Gasteiger partial charge in [0.15, 0.2) is 17.0 Å². The monoisotopic (exact) mass is 702 g/mol. The molecule has 3 saturated heterocycles. The van der Waals surface area contributed by atoms with Crippen LogP contribution < -0.4 is 0 Å². The molecule has 11 heteroatoms. The molecule has 0 amide bonds. The lowest BCUT2D eigenvalue weighted by Crippen LogP contribution is -2.77. The molecule has 3 bridgehead atoms. The Labute approximate surface area is 297 Å². The summed E-state index contributed by atoms with van der Waals surface area (Å²) in [4.78, 5) is 41.9. The van der Waals surface area contributed by atoms with E-state index in [1.54, 1.807) is 32.1 Å². The first-order chi connectivity index (χ1) is 24.3. The highest BCUT2D eigenvalue weighted by Gasteiger charge is 2.91. The van der Waals surface area contributed by atoms with Crippen LogP contribution in [-0.4, -0.2) is 92.3 Å². The van der Waals surface area contributed by atoms with Gasteiger partial charge in [-0.25, -0.2) is 4.79 Å². The van der Waals surface area contributed by atoms with E-state index in [1.165, 1.54) is 25.2 Å². The molecule has 272 valence electrons. The Hall–Kier alpha value is -3.55. The molecule has 12 atom stereocenters. The largest absolute Gasteiger partial charge is 0.455 e. The summed E-state index contributed by atoms with van der Waals surface area (Å²) in [5.74, 6) is -7.78. The van der Waals surface area contributed by atoms with Gasteiger partial charge in [0.25, 0.3) is 0 Å². The van der Waals surface area contributed by atoms with E-state index >= 15 is 0 Å². The minimum absolute atomic E-state index is 0.155. The average Bonchev–Trinajstić information content (AvgIpc) is 3.74. The van der Waals surface area contributed by atoms with Gasteiger partial charge in [-0.3, -0.25) is 9.59 Å². The molecule has 5 fully saturated rings. The van der Waals surface area contributed by atoms with Crippen LogP contribution >= 0.6 is 0 Å². The zero-order valence-corrected chi connectivity index (χ0v) is 29.3. The summed E-state index contributed by atoms with van der Waals surface area (Å²) in [6.07, 6.45) is 9.73. The molecule has 3 aliphatic heterocycles. The van der Waals surface area contributed by atoms with Gasteiger partial charge in [-0.2, -0.15) is 0 Å². The van der Waals surface area contributed by atoms with E-state index < -0.39 is 94.7 Å². The van der Waals surface area contributed by atoms with E-state index in [9.17, 15) is 29.7 Å². The average molecular weight is 703 g/mol. The van der Waals surface area contributed by atoms with Gasteiger partial charge in [-0.1, -0.05) is 87.9 Å². The number of unbranched alkanes of at least 4 members (excludes halogenated alkanes) is 3. The van der Waals surface area contributed by atoms with Gasteiger partial charge < -0.3 is 39.0 Å². The highest BCUT2D eigenvalue weighted by Crippen LogP contribution is 2.73. The van der Waals surface area contributed by atoms with Crippen molar-refractivity contribution in [3.63, 3.8) is 0 Å². The predicted octanol–water partition coefficient (Wildman–Crippen LogP) is 3.67. The molecule has 2 saturated carbocycles. The summed E-state index contributed by atoms with van der Waals surface area (Å²) in [7, 11) is 0. The molecule has 3 N–H and O–H groups in total. The van der Waals surface area contributed by atoms with Crippen molar-refractivity contribution in [3.05, 3.63) is 90.1 Å². The zero-order valence-electron chi connectivity index (χ0n) is 29.3. The molecule has 3 aliphatic carbocycles. The number of rotatable bonds is 12. The topological polar surface area (TPSA) is 161 Å². The number of esters is 1. The van der Waals surface area contributed by atoms with Gasteiger partial charge in [-0.15, -0.1) is 0 Å². The number of carbonyl (C=O) groups is 3. The summed E-state index contributed by atoms with van der Waals surface area (Å²) in [6, 6.07) is 9.18. The third-order valence-corrected chi connectivity index (χ3v) is 12.0. The van der Waals surface area contributed by atoms with Crippen molar-refractivity contribution in [2.75, 3.05) is 6.61 Å². The first-order valence-electron chi connectivity index (χ1n) is 17.8. The van der Waals surface area contributed by atoms with Crippen LogP contribution in [0.4, 0.5) is 0 Å². The van der Waals surface area contributed by atoms with Gasteiger partial charge in [0.05, 0.1) is 12.2 Å². The van der Waals surface area contributed by atoms with Crippen LogP contribution in [0.5, 0.6) is 0 Å². The second-order valence-corrected chi connectivity index (χ2v) is 14.8. The summed E-state index contributed by atoms with van der Waals surface area (Å²) in [5, 5.41) is 35.0. The van der Waals surface area contributed by atoms with Crippen molar-refractivity contribution < 1.29 is 53.4 Å². The molecular formula is C40H46O11. The highest BCUT2D eigenvalue weighted by atomic mass is 16.9. The molecule has 0 spiro atoms. The van der Waals surface area contributed by atoms with Crippen molar-refractivity contribution >= 4 is 23.6 Å². The van der Waals surface area contributed by atoms with Gasteiger partial charge in [0.2, 0.25) is 5.78 Å². The molecule has 0 aromatic heterocycles. The molecule has 3 heterocycles. The summed E-state index contributed by atoms with van der Waals surface area (Å²) in [5.41, 5.74) is -6.47. The van der Waals surface area contributed by atoms with Gasteiger partial charge in [0.1, 0.15) is 30.0 Å². The van der Waals surface area contributed by atoms with Crippen LogP contribution in [0.25, 0.3) is 6.08 Å². The van der Waals surface area contributed by atoms with Crippen molar-refractivity contribution in [2.24, 2.45) is 17.8 Å². The molecule has 6 aliphatic rings. The van der Waals surface area contributed by atoms with Gasteiger partial charge >= 0.3 is 11.9 Å². The number of allylic oxidation sites excluding steroid dienone is 3. The van der Waals surface area contributed by atoms with E-state index in [0.717, 1.165) is 31.2 Å². The minimum Gasteiger partial charge on any atom is -0.455 e. The maximum Gasteiger partial charge on any atom is 0.353 e. The second kappa shape index (κ2) is 12.5. The summed E-state index contributed by atoms with van der Waals surface area (Å²) < 4.78 is 32.5. The molecule has 11 nitrogen and oxygen atoms in total. The number of carbonyl (C=O) groups excluding carboxylic acids is 3. The zero-order chi connectivity index (χ0) is 36.6. The van der Waals surface area contributed by atoms with Crippen LogP contribution in [0.2, 0.25) is 0 Å². The van der Waals surface area contributed by atoms with Crippen molar-refractivity contribution in [1.82, 2.24) is 0 Å². The molecule has 51 heavy (non-hydrogen) atoms. The molecule has 1 unspecified atom stereocenters. The molecule has 0 radical (unpaired) electrons. The number of hydrogen-bond acceptors (Lipinski definition) is 11. The van der Waals surface area contributed by atoms with E-state index in [1.807, 2.05) is 36.4 Å². The first kappa shape index (κ1) is 35.8. The first-order valence-corrected chi connectivity index (χ1v) is 17.8. The number of Topliss-reactive ketones (excluding diaryl/α,β-unsaturated/α-hetero) is 1. The van der Waals surface area contributed by atoms with Crippen molar-refractivity contribution in [2.45, 2.75) is 106 Å². The Morgan fingerprint density at radius 2 is 1.80 bits per heavy atom. The number of hydrogen-bond donors (Lipinski definition) is 3. The smallest absolute Gasteiger partial charge is 0.353 e. The molecular weight excluding hydrogens is 656 g/mol. The SMILES string of the molecule is C=C(C)[C@@]12OC3(C(=O)/C=C/C=C/CCCCC)O[C@@H]1[C@@H]1[C@@H]4O[C@]4(CO)[C@@H](O)[C@]4(O)C(=O)C(C)=C[C@H]4[C@@]1(O3)[C@H](C)[C@H]2OC(=O)/C=C/c1ccccc1. The lowest BCUT2D eigenvalue weighted by molar-refractivity contribution is -0.406. The maximum absolute atomic E-state index is 14.3. The fourth-order valence-electron chi connectivity index (χ4n) is 9.47. The van der Waals surface area contributed by atoms with Crippen LogP contribution in [0.1, 0.15) is 58.9 Å². The second-order valence-electron chi connectivity index (χ2n) is 14.8. The highest BCUT2D eigenvalue weighted by molar-refractivity contribution is 6.05. The third-order valence-electron chi connectivity index (χ3n) is 12.0. The minimum atomic E-state index is -2.53. The van der Waals surface area contributed by atoms with E-state index in [4.69, 9.17) is 23.7 Å². The van der Waals surface area contributed by atoms with Crippen molar-refractivity contribution in [3.8, 4) is 0 Å². The number of aliphatic hydroxyl groups excluding tert-OH is 2. The quantitative estimate of drug-likeness (QED) is 0.0728. The number of ether oxygens (including phenoxy) is 5. The lowest BCUT2D eigenvalue weighted by Gasteiger charge is -2.61. The van der Waals surface area contributed by atoms with Crippen LogP contribution in [0.3, 0.4) is 0 Å². The van der Waals surface area contributed by atoms with E-state index in [-0.39, 0.29) is 5.57 Å². The van der Waals surface area contributed by atoms with E-state index in [2.05, 4.69) is 13.5 Å². The number of aliphatic hydroxyl groups is 3. The number of fused-ring (bicyclic) bond motifs is 3. The normalized spacial score (nSPS) is 43.2. The number of epoxide rings is 1. The van der Waals surface area contributed by atoms with Gasteiger partial charge in [-0.05, 0) is 55.6 Å². The Bertz CT molecular complexity index is 1750. The molecule has 1 aromatic carbocycles. The Morgan fingerprint density at radius 1 is 1.06 bits per heavy atom. The lowest BCUT2D eigenvalue weighted by atomic mass is 9.53. The number of benzene rings is 1. The van der Waals surface area contributed by atoms with Gasteiger partial charge in [0, 0.05) is 23.8 Å². The third kappa shape index (κ3) is 4.86. The number of ketones is 2. The standard InChI is InChI=1S/C40H46O11/c1-6-7-8-9-10-11-15-18-28(42)40-49-34-30-33-36(22-41,48-33)35(45)37(46)27(21-24(4)31(37)44)39(30,51-40)25(5)32(38(34,50-40)23(2)3)47-29(43)20-19-26-16-13-12-14-17-26/h10-21,25,27,30,32-35,41,45-46H,2,6-9,22H2,1,3-5H3/b11-10+,18-15+,20-19+/t25-,27-,30+,32-,33+,34-,35-,36+,37-,38+,39+,40?/m1/s1. The van der Waals surface area contributed by atoms with Crippen LogP contribution in [0, 0.1) is 17.8 Å². The van der Waals surface area contributed by atoms with Crippen LogP contribution in [-0.2, 0) is 38.1 Å². The Kier molecular flexibility index (Phi) is 8.82. The predicted molar refractivity (Wildman–Crippen MR) is 183 cm³/mol. The molecule has 7 rings (SSSR count). The van der Waals surface area contributed by atoms with Crippen molar-refractivity contribution in [1.29, 1.82) is 0 Å². The summed E-state index contributed by atoms with van der Waals surface area (Å²) in [6.45, 7) is 10.6. The maximum atomic E-state index is 14.3. The summed E-state index contributed by atoms with van der Waals surface area (Å²) >= 11 is 0.